The predicted octanol–water partition coefficient (Wildman–Crippen LogP) is 3.62. The van der Waals surface area contributed by atoms with Crippen molar-refractivity contribution in [1.29, 1.82) is 0 Å². The molecule has 0 saturated heterocycles. The van der Waals surface area contributed by atoms with E-state index in [1.165, 1.54) is 11.6 Å². The lowest BCUT2D eigenvalue weighted by molar-refractivity contribution is -0.115. The highest BCUT2D eigenvalue weighted by Crippen LogP contribution is 2.11. The van der Waals surface area contributed by atoms with Gasteiger partial charge in [-0.2, -0.15) is 0 Å². The second kappa shape index (κ2) is 11.5. The molecule has 0 atom stereocenters. The first kappa shape index (κ1) is 22.9. The first-order chi connectivity index (χ1) is 12.5. The molecular formula is C20H26FIN4O. The molecule has 0 spiro atoms. The molecule has 0 unspecified atom stereocenters. The van der Waals surface area contributed by atoms with Gasteiger partial charge in [0.25, 0.3) is 0 Å². The summed E-state index contributed by atoms with van der Waals surface area (Å²) in [4.78, 5) is 16.2. The number of hydrogen-bond donors (Lipinski definition) is 3. The van der Waals surface area contributed by atoms with E-state index in [1.807, 2.05) is 24.3 Å². The summed E-state index contributed by atoms with van der Waals surface area (Å²) < 4.78 is 13.3. The lowest BCUT2D eigenvalue weighted by Gasteiger charge is -2.13. The van der Waals surface area contributed by atoms with Gasteiger partial charge < -0.3 is 16.0 Å². The molecular weight excluding hydrogens is 458 g/mol. The zero-order chi connectivity index (χ0) is 18.9. The lowest BCUT2D eigenvalue weighted by Crippen LogP contribution is -2.41. The molecule has 0 heterocycles. The van der Waals surface area contributed by atoms with Crippen molar-refractivity contribution in [3.8, 4) is 0 Å². The van der Waals surface area contributed by atoms with Crippen molar-refractivity contribution < 1.29 is 9.18 Å². The molecule has 0 aliphatic rings. The standard InChI is InChI=1S/C20H25FN4O.HI/c1-4-15-6-5-7-17(11-15)25-19(26)13-24-20(22-3)23-12-16-8-9-18(21)14(2)10-16;/h5-11H,4,12-13H2,1-3H3,(H,25,26)(H2,22,23,24);1H. The zero-order valence-corrected chi connectivity index (χ0v) is 18.1. The highest BCUT2D eigenvalue weighted by Gasteiger charge is 2.05. The topological polar surface area (TPSA) is 65.5 Å². The van der Waals surface area contributed by atoms with Gasteiger partial charge in [-0.1, -0.05) is 31.2 Å². The minimum atomic E-state index is -0.222. The number of anilines is 1. The van der Waals surface area contributed by atoms with Gasteiger partial charge in [0.15, 0.2) is 5.96 Å². The van der Waals surface area contributed by atoms with Crippen LogP contribution in [0.25, 0.3) is 0 Å². The molecule has 0 bridgehead atoms. The van der Waals surface area contributed by atoms with E-state index in [0.717, 1.165) is 17.7 Å². The quantitative estimate of drug-likeness (QED) is 0.334. The summed E-state index contributed by atoms with van der Waals surface area (Å²) in [5, 5.41) is 8.93. The van der Waals surface area contributed by atoms with Crippen molar-refractivity contribution in [3.63, 3.8) is 0 Å². The molecule has 0 saturated carbocycles. The van der Waals surface area contributed by atoms with Gasteiger partial charge in [0.1, 0.15) is 5.82 Å². The van der Waals surface area contributed by atoms with Gasteiger partial charge in [-0.3, -0.25) is 9.79 Å². The van der Waals surface area contributed by atoms with Crippen LogP contribution in [0.5, 0.6) is 0 Å². The van der Waals surface area contributed by atoms with Crippen LogP contribution in [-0.2, 0) is 17.8 Å². The van der Waals surface area contributed by atoms with Gasteiger partial charge in [0.2, 0.25) is 5.91 Å². The Kier molecular flexibility index (Phi) is 9.77. The third-order valence-corrected chi connectivity index (χ3v) is 3.94. The maximum atomic E-state index is 13.3. The SMILES string of the molecule is CCc1cccc(NC(=O)CNC(=NC)NCc2ccc(F)c(C)c2)c1.I. The van der Waals surface area contributed by atoms with Gasteiger partial charge >= 0.3 is 0 Å². The van der Waals surface area contributed by atoms with Gasteiger partial charge in [0.05, 0.1) is 6.54 Å². The average Bonchev–Trinajstić information content (AvgIpc) is 2.64. The molecule has 1 amide bonds. The minimum Gasteiger partial charge on any atom is -0.352 e. The fourth-order valence-electron chi connectivity index (χ4n) is 2.46. The number of nitrogens with one attached hydrogen (secondary N) is 3. The Morgan fingerprint density at radius 2 is 1.89 bits per heavy atom. The number of carbonyl (C=O) groups is 1. The zero-order valence-electron chi connectivity index (χ0n) is 15.8. The van der Waals surface area contributed by atoms with E-state index in [4.69, 9.17) is 0 Å². The molecule has 0 radical (unpaired) electrons. The van der Waals surface area contributed by atoms with E-state index in [9.17, 15) is 9.18 Å². The molecule has 146 valence electrons. The van der Waals surface area contributed by atoms with E-state index >= 15 is 0 Å². The molecule has 27 heavy (non-hydrogen) atoms. The Labute approximate surface area is 176 Å². The molecule has 2 aromatic rings. The summed E-state index contributed by atoms with van der Waals surface area (Å²) in [5.74, 6) is 0.128. The van der Waals surface area contributed by atoms with Gasteiger partial charge in [-0.15, -0.1) is 24.0 Å². The fourth-order valence-corrected chi connectivity index (χ4v) is 2.46. The third kappa shape index (κ3) is 7.54. The van der Waals surface area contributed by atoms with Gasteiger partial charge in [0, 0.05) is 19.3 Å². The van der Waals surface area contributed by atoms with Crippen LogP contribution in [0.15, 0.2) is 47.5 Å². The number of benzene rings is 2. The number of hydrogen-bond acceptors (Lipinski definition) is 2. The number of halogens is 2. The third-order valence-electron chi connectivity index (χ3n) is 3.94. The van der Waals surface area contributed by atoms with Gasteiger partial charge in [-0.05, 0) is 48.2 Å². The minimum absolute atomic E-state index is 0. The number of rotatable bonds is 6. The summed E-state index contributed by atoms with van der Waals surface area (Å²) in [5.41, 5.74) is 3.48. The number of amides is 1. The van der Waals surface area contributed by atoms with Crippen LogP contribution in [-0.4, -0.2) is 25.5 Å². The molecule has 7 heteroatoms. The van der Waals surface area contributed by atoms with Crippen LogP contribution >= 0.6 is 24.0 Å². The highest BCUT2D eigenvalue weighted by molar-refractivity contribution is 14.0. The Hall–Kier alpha value is -2.16. The van der Waals surface area contributed by atoms with Crippen LogP contribution in [0.4, 0.5) is 10.1 Å². The van der Waals surface area contributed by atoms with Crippen molar-refractivity contribution in [2.45, 2.75) is 26.8 Å². The summed E-state index contributed by atoms with van der Waals surface area (Å²) in [6.45, 7) is 4.38. The second-order valence-electron chi connectivity index (χ2n) is 5.96. The molecule has 2 rings (SSSR count). The van der Waals surface area contributed by atoms with Crippen LogP contribution in [0, 0.1) is 12.7 Å². The molecule has 0 fully saturated rings. The molecule has 0 aliphatic carbocycles. The molecule has 0 aliphatic heterocycles. The largest absolute Gasteiger partial charge is 0.352 e. The molecule has 3 N–H and O–H groups in total. The van der Waals surface area contributed by atoms with Gasteiger partial charge in [-0.25, -0.2) is 4.39 Å². The number of aryl methyl sites for hydroxylation is 2. The average molecular weight is 484 g/mol. The Morgan fingerprint density at radius 1 is 1.11 bits per heavy atom. The van der Waals surface area contributed by atoms with Crippen LogP contribution in [0.2, 0.25) is 0 Å². The summed E-state index contributed by atoms with van der Waals surface area (Å²) >= 11 is 0. The second-order valence-corrected chi connectivity index (χ2v) is 5.96. The van der Waals surface area contributed by atoms with Crippen LogP contribution in [0.3, 0.4) is 0 Å². The van der Waals surface area contributed by atoms with Crippen molar-refractivity contribution in [2.24, 2.45) is 4.99 Å². The van der Waals surface area contributed by atoms with E-state index in [-0.39, 0.29) is 42.2 Å². The number of nitrogens with zero attached hydrogens (tertiary/aromatic N) is 1. The summed E-state index contributed by atoms with van der Waals surface area (Å²) in [6.07, 6.45) is 0.918. The number of guanidine groups is 1. The molecule has 2 aromatic carbocycles. The van der Waals surface area contributed by atoms with E-state index in [2.05, 4.69) is 27.9 Å². The summed E-state index contributed by atoms with van der Waals surface area (Å²) in [7, 11) is 1.63. The monoisotopic (exact) mass is 484 g/mol. The first-order valence-electron chi connectivity index (χ1n) is 8.60. The predicted molar refractivity (Wildman–Crippen MR) is 119 cm³/mol. The van der Waals surface area contributed by atoms with Crippen molar-refractivity contribution in [2.75, 3.05) is 18.9 Å². The smallest absolute Gasteiger partial charge is 0.243 e. The van der Waals surface area contributed by atoms with Crippen molar-refractivity contribution in [1.82, 2.24) is 10.6 Å². The Morgan fingerprint density at radius 3 is 2.56 bits per heavy atom. The maximum absolute atomic E-state index is 13.3. The fraction of sp³-hybridized carbons (Fsp3) is 0.300. The summed E-state index contributed by atoms with van der Waals surface area (Å²) in [6, 6.07) is 12.7. The Balaban J connectivity index is 0.00000364. The lowest BCUT2D eigenvalue weighted by atomic mass is 10.1. The van der Waals surface area contributed by atoms with E-state index in [1.54, 1.807) is 26.1 Å². The molecule has 5 nitrogen and oxygen atoms in total. The maximum Gasteiger partial charge on any atom is 0.243 e. The first-order valence-corrected chi connectivity index (χ1v) is 8.60. The number of carbonyl (C=O) groups excluding carboxylic acids is 1. The number of aliphatic imine (C=N–C) groups is 1. The van der Waals surface area contributed by atoms with Crippen LogP contribution < -0.4 is 16.0 Å². The van der Waals surface area contributed by atoms with E-state index in [0.29, 0.717) is 18.1 Å². The van der Waals surface area contributed by atoms with Crippen molar-refractivity contribution >= 4 is 41.5 Å². The normalized spacial score (nSPS) is 10.7. The molecule has 0 aromatic heterocycles. The Bertz CT molecular complexity index is 795. The van der Waals surface area contributed by atoms with Crippen molar-refractivity contribution in [3.05, 3.63) is 65.0 Å². The van der Waals surface area contributed by atoms with Crippen LogP contribution in [0.1, 0.15) is 23.6 Å². The van der Waals surface area contributed by atoms with E-state index < -0.39 is 0 Å². The highest BCUT2D eigenvalue weighted by atomic mass is 127.